The molecule has 5 heteroatoms. The number of hydrogen-bond acceptors (Lipinski definition) is 5. The van der Waals surface area contributed by atoms with Gasteiger partial charge in [0, 0.05) is 48.5 Å². The first kappa shape index (κ1) is 44.8. The van der Waals surface area contributed by atoms with Gasteiger partial charge in [-0.1, -0.05) is 220 Å². The molecule has 4 nitrogen and oxygen atoms in total. The van der Waals surface area contributed by atoms with Crippen molar-refractivity contribution in [1.82, 2.24) is 19.9 Å². The van der Waals surface area contributed by atoms with Crippen molar-refractivity contribution in [3.8, 4) is 45.2 Å². The zero-order valence-corrected chi connectivity index (χ0v) is 39.9. The number of hydrogen-bond donors (Lipinski definition) is 0. The number of nitrogens with zero attached hydrogens (tertiary/aromatic N) is 4. The Hall–Kier alpha value is -6.82. The van der Waals surface area contributed by atoms with E-state index in [-0.39, 0.29) is 16.2 Å². The van der Waals surface area contributed by atoms with Crippen molar-refractivity contribution in [2.24, 2.45) is 0 Å². The molecule has 10 aromatic rings. The van der Waals surface area contributed by atoms with Crippen LogP contribution >= 0.6 is 11.3 Å². The molecule has 0 aliphatic heterocycles. The Kier molecular flexibility index (Phi) is 12.9. The lowest BCUT2D eigenvalue weighted by molar-refractivity contribution is 0.543. The Balaban J connectivity index is 0.000000140. The fourth-order valence-corrected chi connectivity index (χ4v) is 9.18. The molecule has 324 valence electrons. The third-order valence-electron chi connectivity index (χ3n) is 11.5. The summed E-state index contributed by atoms with van der Waals surface area (Å²) in [5, 5.41) is 5.23. The van der Waals surface area contributed by atoms with Crippen LogP contribution in [0, 0.1) is 0 Å². The summed E-state index contributed by atoms with van der Waals surface area (Å²) in [6.45, 7) is 19.9. The topological polar surface area (TPSA) is 51.6 Å². The predicted molar refractivity (Wildman–Crippen MR) is 279 cm³/mol. The highest BCUT2D eigenvalue weighted by atomic mass is 32.1. The summed E-state index contributed by atoms with van der Waals surface area (Å²) in [5.74, 6) is 2.26. The number of fused-ring (bicyclic) bond motifs is 4. The maximum atomic E-state index is 4.91. The summed E-state index contributed by atoms with van der Waals surface area (Å²) in [4.78, 5) is 18.9. The van der Waals surface area contributed by atoms with Crippen molar-refractivity contribution in [1.29, 1.82) is 0 Å². The SMILES string of the molecule is CC(C)(C)c1ccc(-c2ccccc2)c2ccccc12.CC(C)(C)c1ccc(-c2ccccn2)cc1.CC(C)(C)c1nc(-c2ccccc2)nc(-c2cccc3c2sc2ccccc23)n1. The van der Waals surface area contributed by atoms with E-state index in [1.54, 1.807) is 11.3 Å². The van der Waals surface area contributed by atoms with Crippen LogP contribution in [0.15, 0.2) is 188 Å². The maximum Gasteiger partial charge on any atom is 0.165 e. The van der Waals surface area contributed by atoms with Crippen LogP contribution in [0.1, 0.15) is 79.3 Å². The lowest BCUT2D eigenvalue weighted by Gasteiger charge is -2.22. The normalized spacial score (nSPS) is 11.8. The van der Waals surface area contributed by atoms with E-state index in [1.807, 2.05) is 54.7 Å². The molecule has 0 bridgehead atoms. The van der Waals surface area contributed by atoms with Crippen LogP contribution in [-0.2, 0) is 16.2 Å². The van der Waals surface area contributed by atoms with Gasteiger partial charge in [0.2, 0.25) is 0 Å². The molecule has 0 saturated heterocycles. The molecule has 7 aromatic carbocycles. The Bertz CT molecular complexity index is 3170. The molecule has 65 heavy (non-hydrogen) atoms. The van der Waals surface area contributed by atoms with Crippen LogP contribution < -0.4 is 0 Å². The molecule has 0 N–H and O–H groups in total. The molecule has 0 spiro atoms. The fraction of sp³-hybridized carbons (Fsp3) is 0.200. The molecular formula is C60H58N4S. The van der Waals surface area contributed by atoms with E-state index in [9.17, 15) is 0 Å². The number of aromatic nitrogens is 4. The highest BCUT2D eigenvalue weighted by molar-refractivity contribution is 7.26. The lowest BCUT2D eigenvalue weighted by Crippen LogP contribution is -2.18. The largest absolute Gasteiger partial charge is 0.256 e. The molecule has 0 fully saturated rings. The van der Waals surface area contributed by atoms with Gasteiger partial charge in [-0.05, 0) is 68.1 Å². The van der Waals surface area contributed by atoms with Crippen molar-refractivity contribution < 1.29 is 0 Å². The van der Waals surface area contributed by atoms with Crippen LogP contribution in [0.4, 0.5) is 0 Å². The first-order valence-electron chi connectivity index (χ1n) is 22.5. The van der Waals surface area contributed by atoms with Crippen molar-refractivity contribution in [3.63, 3.8) is 0 Å². The second kappa shape index (κ2) is 18.7. The van der Waals surface area contributed by atoms with Gasteiger partial charge in [-0.25, -0.2) is 15.0 Å². The van der Waals surface area contributed by atoms with Crippen molar-refractivity contribution in [2.45, 2.75) is 78.6 Å². The molecule has 0 saturated carbocycles. The quantitative estimate of drug-likeness (QED) is 0.177. The van der Waals surface area contributed by atoms with Crippen LogP contribution in [0.2, 0.25) is 0 Å². The van der Waals surface area contributed by atoms with Crippen molar-refractivity contribution >= 4 is 42.3 Å². The zero-order chi connectivity index (χ0) is 45.8. The van der Waals surface area contributed by atoms with Crippen LogP contribution in [-0.4, -0.2) is 19.9 Å². The second-order valence-electron chi connectivity index (χ2n) is 19.6. The number of thiophene rings is 1. The van der Waals surface area contributed by atoms with Gasteiger partial charge in [-0.3, -0.25) is 4.98 Å². The third kappa shape index (κ3) is 10.3. The first-order chi connectivity index (χ1) is 31.1. The predicted octanol–water partition coefficient (Wildman–Crippen LogP) is 16.7. The lowest BCUT2D eigenvalue weighted by atomic mass is 9.82. The van der Waals surface area contributed by atoms with Gasteiger partial charge in [0.15, 0.2) is 11.6 Å². The number of rotatable bonds is 4. The summed E-state index contributed by atoms with van der Waals surface area (Å²) >= 11 is 1.80. The Morgan fingerprint density at radius 2 is 0.954 bits per heavy atom. The highest BCUT2D eigenvalue weighted by Crippen LogP contribution is 2.40. The van der Waals surface area contributed by atoms with Crippen molar-refractivity contribution in [3.05, 3.63) is 205 Å². The van der Waals surface area contributed by atoms with Gasteiger partial charge < -0.3 is 0 Å². The van der Waals surface area contributed by atoms with E-state index in [0.29, 0.717) is 0 Å². The summed E-state index contributed by atoms with van der Waals surface area (Å²) in [7, 11) is 0. The summed E-state index contributed by atoms with van der Waals surface area (Å²) in [5.41, 5.74) is 9.83. The average Bonchev–Trinajstić information content (AvgIpc) is 3.71. The van der Waals surface area contributed by atoms with Crippen LogP contribution in [0.5, 0.6) is 0 Å². The van der Waals surface area contributed by atoms with Gasteiger partial charge in [-0.2, -0.15) is 0 Å². The summed E-state index contributed by atoms with van der Waals surface area (Å²) in [6.07, 6.45) is 1.83. The van der Waals surface area contributed by atoms with Crippen molar-refractivity contribution in [2.75, 3.05) is 0 Å². The van der Waals surface area contributed by atoms with E-state index >= 15 is 0 Å². The fourth-order valence-electron chi connectivity index (χ4n) is 7.97. The third-order valence-corrected chi connectivity index (χ3v) is 12.7. The van der Waals surface area contributed by atoms with E-state index in [0.717, 1.165) is 34.3 Å². The molecular weight excluding hydrogens is 809 g/mol. The molecule has 0 radical (unpaired) electrons. The molecule has 0 amide bonds. The molecule has 0 aliphatic rings. The number of benzene rings is 7. The minimum atomic E-state index is -0.171. The van der Waals surface area contributed by atoms with Crippen LogP contribution in [0.3, 0.4) is 0 Å². The Morgan fingerprint density at radius 3 is 1.58 bits per heavy atom. The van der Waals surface area contributed by atoms with Crippen LogP contribution in [0.25, 0.3) is 76.1 Å². The molecule has 0 aliphatic carbocycles. The van der Waals surface area contributed by atoms with E-state index in [4.69, 9.17) is 15.0 Å². The van der Waals surface area contributed by atoms with Gasteiger partial charge in [0.25, 0.3) is 0 Å². The maximum absolute atomic E-state index is 4.91. The van der Waals surface area contributed by atoms with E-state index in [1.165, 1.54) is 58.8 Å². The van der Waals surface area contributed by atoms with Gasteiger partial charge >= 0.3 is 0 Å². The van der Waals surface area contributed by atoms with Gasteiger partial charge in [-0.15, -0.1) is 11.3 Å². The van der Waals surface area contributed by atoms with E-state index < -0.39 is 0 Å². The Morgan fingerprint density at radius 1 is 0.369 bits per heavy atom. The average molecular weight is 867 g/mol. The molecule has 3 heterocycles. The smallest absolute Gasteiger partial charge is 0.165 e. The molecule has 3 aromatic heterocycles. The van der Waals surface area contributed by atoms with E-state index in [2.05, 4.69) is 201 Å². The molecule has 0 unspecified atom stereocenters. The summed E-state index contributed by atoms with van der Waals surface area (Å²) < 4.78 is 2.50. The minimum Gasteiger partial charge on any atom is -0.256 e. The first-order valence-corrected chi connectivity index (χ1v) is 23.3. The van der Waals surface area contributed by atoms with Gasteiger partial charge in [0.05, 0.1) is 5.69 Å². The Labute approximate surface area is 389 Å². The summed E-state index contributed by atoms with van der Waals surface area (Å²) in [6, 6.07) is 63.6. The zero-order valence-electron chi connectivity index (χ0n) is 39.1. The monoisotopic (exact) mass is 866 g/mol. The second-order valence-corrected chi connectivity index (χ2v) is 20.6. The minimum absolute atomic E-state index is 0.162. The highest BCUT2D eigenvalue weighted by Gasteiger charge is 2.23. The standard InChI is InChI=1S/C25H21N3S.C20H20.C15H17N/c1-25(2,3)24-27-22(16-10-5-4-6-11-16)26-23(28-24)19-14-9-13-18-17-12-7-8-15-20(17)29-21(18)19;1-20(2,3)19-14-13-16(15-9-5-4-6-10-15)17-11-7-8-12-18(17)19;1-15(2,3)13-9-7-12(8-10-13)14-6-4-5-11-16-14/h4-15H,1-3H3;4-14H,1-3H3;4-11H,1-3H3. The molecule has 10 rings (SSSR count). The number of pyridine rings is 1. The van der Waals surface area contributed by atoms with Gasteiger partial charge in [0.1, 0.15) is 5.82 Å². The molecule has 0 atom stereocenters.